The van der Waals surface area contributed by atoms with Crippen LogP contribution in [-0.4, -0.2) is 34.3 Å². The Hall–Kier alpha value is -2.15. The molecule has 0 fully saturated rings. The van der Waals surface area contributed by atoms with E-state index in [4.69, 9.17) is 0 Å². The largest absolute Gasteiger partial charge is 0.450 e. The molecule has 0 unspecified atom stereocenters. The number of hydrogen-bond acceptors (Lipinski definition) is 6. The Kier molecular flexibility index (Phi) is 5.10. The van der Waals surface area contributed by atoms with Crippen molar-refractivity contribution in [2.45, 2.75) is 18.9 Å². The Morgan fingerprint density at radius 2 is 1.90 bits per heavy atom. The molecule has 2 amide bonds. The van der Waals surface area contributed by atoms with Gasteiger partial charge in [-0.05, 0) is 26.0 Å². The summed E-state index contributed by atoms with van der Waals surface area (Å²) in [4.78, 5) is 31.6. The first-order valence-corrected chi connectivity index (χ1v) is 7.41. The third-order valence-corrected chi connectivity index (χ3v) is 3.62. The van der Waals surface area contributed by atoms with Crippen LogP contribution in [-0.2, 0) is 9.53 Å². The van der Waals surface area contributed by atoms with Crippen LogP contribution in [0.1, 0.15) is 12.6 Å². The van der Waals surface area contributed by atoms with Gasteiger partial charge < -0.3 is 4.74 Å². The van der Waals surface area contributed by atoms with Gasteiger partial charge >= 0.3 is 6.09 Å². The number of hydrogen-bond donors (Lipinski definition) is 1. The molecule has 1 aromatic carbocycles. The molecule has 0 saturated carbocycles. The molecule has 0 saturated heterocycles. The molecule has 0 bridgehead atoms. The minimum atomic E-state index is -0.732. The van der Waals surface area contributed by atoms with Gasteiger partial charge in [0.25, 0.3) is 0 Å². The van der Waals surface area contributed by atoms with Crippen molar-refractivity contribution in [2.75, 3.05) is 12.4 Å². The first kappa shape index (κ1) is 15.2. The summed E-state index contributed by atoms with van der Waals surface area (Å²) in [6.07, 6.45) is -0.732. The summed E-state index contributed by atoms with van der Waals surface area (Å²) in [5, 5.41) is 2.81. The normalized spacial score (nSPS) is 10.4. The van der Waals surface area contributed by atoms with Crippen molar-refractivity contribution in [3.63, 3.8) is 0 Å². The van der Waals surface area contributed by atoms with Crippen LogP contribution in [0.25, 0.3) is 11.0 Å². The first-order valence-electron chi connectivity index (χ1n) is 6.43. The van der Waals surface area contributed by atoms with E-state index in [9.17, 15) is 9.59 Å². The molecular formula is C14H15N3O3S. The van der Waals surface area contributed by atoms with Crippen molar-refractivity contribution in [1.82, 2.24) is 15.3 Å². The maximum absolute atomic E-state index is 11.6. The summed E-state index contributed by atoms with van der Waals surface area (Å²) in [5.41, 5.74) is 2.34. The fourth-order valence-corrected chi connectivity index (χ4v) is 2.42. The van der Waals surface area contributed by atoms with Gasteiger partial charge in [0.1, 0.15) is 5.03 Å². The number of rotatable bonds is 4. The zero-order valence-electron chi connectivity index (χ0n) is 11.8. The summed E-state index contributed by atoms with van der Waals surface area (Å²) in [7, 11) is 0. The van der Waals surface area contributed by atoms with E-state index in [0.717, 1.165) is 16.7 Å². The summed E-state index contributed by atoms with van der Waals surface area (Å²) in [6, 6.07) is 7.53. The number of alkyl carbamates (subject to hydrolysis) is 1. The highest BCUT2D eigenvalue weighted by Gasteiger charge is 2.11. The molecular weight excluding hydrogens is 290 g/mol. The molecule has 110 valence electrons. The van der Waals surface area contributed by atoms with E-state index in [2.05, 4.69) is 20.0 Å². The number of thioether (sulfide) groups is 1. The van der Waals surface area contributed by atoms with Crippen molar-refractivity contribution in [1.29, 1.82) is 0 Å². The molecule has 0 radical (unpaired) electrons. The van der Waals surface area contributed by atoms with Gasteiger partial charge in [-0.2, -0.15) is 0 Å². The number of nitrogens with one attached hydrogen (secondary N) is 1. The van der Waals surface area contributed by atoms with Crippen LogP contribution < -0.4 is 5.32 Å². The molecule has 0 aliphatic carbocycles. The monoisotopic (exact) mass is 305 g/mol. The van der Waals surface area contributed by atoms with Crippen LogP contribution in [0.15, 0.2) is 29.3 Å². The Morgan fingerprint density at radius 3 is 2.57 bits per heavy atom. The van der Waals surface area contributed by atoms with Crippen LogP contribution >= 0.6 is 11.8 Å². The Morgan fingerprint density at radius 1 is 1.24 bits per heavy atom. The minimum absolute atomic E-state index is 0.0761. The molecule has 7 heteroatoms. The van der Waals surface area contributed by atoms with Gasteiger partial charge in [0, 0.05) is 0 Å². The number of fused-ring (bicyclic) bond motifs is 1. The van der Waals surface area contributed by atoms with E-state index in [-0.39, 0.29) is 12.4 Å². The second kappa shape index (κ2) is 7.03. The van der Waals surface area contributed by atoms with E-state index >= 15 is 0 Å². The van der Waals surface area contributed by atoms with Crippen LogP contribution in [0, 0.1) is 6.92 Å². The van der Waals surface area contributed by atoms with Crippen molar-refractivity contribution in [3.05, 3.63) is 30.0 Å². The van der Waals surface area contributed by atoms with Crippen LogP contribution in [0.3, 0.4) is 0 Å². The zero-order chi connectivity index (χ0) is 15.2. The van der Waals surface area contributed by atoms with E-state index in [1.807, 2.05) is 31.2 Å². The molecule has 0 spiro atoms. The zero-order valence-corrected chi connectivity index (χ0v) is 12.6. The smallest absolute Gasteiger partial charge is 0.413 e. The lowest BCUT2D eigenvalue weighted by atomic mass is 10.3. The van der Waals surface area contributed by atoms with Crippen LogP contribution in [0.4, 0.5) is 4.79 Å². The average molecular weight is 305 g/mol. The molecule has 0 aliphatic rings. The number of carbonyl (C=O) groups excluding carboxylic acids is 2. The van der Waals surface area contributed by atoms with Crippen molar-refractivity contribution in [2.24, 2.45) is 0 Å². The topological polar surface area (TPSA) is 81.2 Å². The maximum Gasteiger partial charge on any atom is 0.413 e. The van der Waals surface area contributed by atoms with Gasteiger partial charge in [0.2, 0.25) is 5.91 Å². The predicted molar refractivity (Wildman–Crippen MR) is 80.2 cm³/mol. The number of amides is 2. The number of ether oxygens (including phenoxy) is 1. The van der Waals surface area contributed by atoms with Crippen LogP contribution in [0.2, 0.25) is 0 Å². The van der Waals surface area contributed by atoms with E-state index in [1.54, 1.807) is 6.92 Å². The second-order valence-electron chi connectivity index (χ2n) is 4.16. The lowest BCUT2D eigenvalue weighted by Crippen LogP contribution is -2.32. The lowest BCUT2D eigenvalue weighted by molar-refractivity contribution is -0.117. The molecule has 1 aromatic heterocycles. The number of carbonyl (C=O) groups is 2. The fourth-order valence-electron chi connectivity index (χ4n) is 1.66. The SMILES string of the molecule is CCOC(=O)NC(=O)CSc1nc2ccccc2nc1C. The minimum Gasteiger partial charge on any atom is -0.450 e. The van der Waals surface area contributed by atoms with Crippen LogP contribution in [0.5, 0.6) is 0 Å². The number of aryl methyl sites for hydroxylation is 1. The fraction of sp³-hybridized carbons (Fsp3) is 0.286. The quantitative estimate of drug-likeness (QED) is 0.873. The average Bonchev–Trinajstić information content (AvgIpc) is 2.45. The summed E-state index contributed by atoms with van der Waals surface area (Å²) >= 11 is 1.24. The molecule has 6 nitrogen and oxygen atoms in total. The molecule has 1 heterocycles. The van der Waals surface area contributed by atoms with E-state index in [1.165, 1.54) is 11.8 Å². The maximum atomic E-state index is 11.6. The van der Waals surface area contributed by atoms with Gasteiger partial charge in [0.15, 0.2) is 0 Å². The molecule has 0 aliphatic heterocycles. The number of para-hydroxylation sites is 2. The summed E-state index contributed by atoms with van der Waals surface area (Å²) < 4.78 is 4.64. The molecule has 2 rings (SSSR count). The highest BCUT2D eigenvalue weighted by atomic mass is 32.2. The molecule has 0 atom stereocenters. The van der Waals surface area contributed by atoms with Gasteiger partial charge in [-0.15, -0.1) is 0 Å². The molecule has 1 N–H and O–H groups in total. The summed E-state index contributed by atoms with van der Waals surface area (Å²) in [5.74, 6) is -0.347. The summed E-state index contributed by atoms with van der Waals surface area (Å²) in [6.45, 7) is 3.74. The number of aromatic nitrogens is 2. The molecule has 21 heavy (non-hydrogen) atoms. The first-order chi connectivity index (χ1) is 10.1. The lowest BCUT2D eigenvalue weighted by Gasteiger charge is -2.06. The highest BCUT2D eigenvalue weighted by Crippen LogP contribution is 2.21. The van der Waals surface area contributed by atoms with Gasteiger partial charge in [-0.25, -0.2) is 14.8 Å². The Balaban J connectivity index is 2.01. The number of nitrogens with zero attached hydrogens (tertiary/aromatic N) is 2. The Bertz CT molecular complexity index is 676. The van der Waals surface area contributed by atoms with E-state index < -0.39 is 12.0 Å². The highest BCUT2D eigenvalue weighted by molar-refractivity contribution is 7.99. The third kappa shape index (κ3) is 4.16. The Labute approximate surface area is 126 Å². The number of benzene rings is 1. The van der Waals surface area contributed by atoms with Gasteiger partial charge in [-0.3, -0.25) is 10.1 Å². The second-order valence-corrected chi connectivity index (χ2v) is 5.12. The predicted octanol–water partition coefficient (Wildman–Crippen LogP) is 2.30. The van der Waals surface area contributed by atoms with Crippen molar-refractivity contribution in [3.8, 4) is 0 Å². The van der Waals surface area contributed by atoms with Crippen molar-refractivity contribution >= 4 is 34.8 Å². The third-order valence-electron chi connectivity index (χ3n) is 2.56. The molecule has 2 aromatic rings. The van der Waals surface area contributed by atoms with Crippen molar-refractivity contribution < 1.29 is 14.3 Å². The van der Waals surface area contributed by atoms with E-state index in [0.29, 0.717) is 5.03 Å². The van der Waals surface area contributed by atoms with Gasteiger partial charge in [0.05, 0.1) is 29.1 Å². The number of imide groups is 1. The van der Waals surface area contributed by atoms with Gasteiger partial charge in [-0.1, -0.05) is 23.9 Å². The standard InChI is InChI=1S/C14H15N3O3S/c1-3-20-14(19)17-12(18)8-21-13-9(2)15-10-6-4-5-7-11(10)16-13/h4-7H,3,8H2,1-2H3,(H,17,18,19).